The number of carbonyl (C=O) groups is 1. The fourth-order valence-electron chi connectivity index (χ4n) is 1.72. The average Bonchev–Trinajstić information content (AvgIpc) is 2.35. The summed E-state index contributed by atoms with van der Waals surface area (Å²) in [7, 11) is 1.07. The van der Waals surface area contributed by atoms with E-state index in [4.69, 9.17) is 5.11 Å². The van der Waals surface area contributed by atoms with Crippen molar-refractivity contribution < 1.29 is 27.8 Å². The summed E-state index contributed by atoms with van der Waals surface area (Å²) < 4.78 is 42.9. The molecule has 0 saturated heterocycles. The van der Waals surface area contributed by atoms with Crippen LogP contribution in [0.2, 0.25) is 0 Å². The fourth-order valence-corrected chi connectivity index (χ4v) is 1.72. The number of fused-ring (bicyclic) bond motifs is 1. The van der Waals surface area contributed by atoms with Crippen LogP contribution in [-0.2, 0) is 6.18 Å². The van der Waals surface area contributed by atoms with Crippen LogP contribution in [-0.4, -0.2) is 23.2 Å². The highest BCUT2D eigenvalue weighted by molar-refractivity contribution is 6.03. The van der Waals surface area contributed by atoms with Crippen molar-refractivity contribution in [2.75, 3.05) is 7.11 Å². The Morgan fingerprint density at radius 2 is 2.05 bits per heavy atom. The summed E-state index contributed by atoms with van der Waals surface area (Å²) in [6.07, 6.45) is -4.67. The lowest BCUT2D eigenvalue weighted by Crippen LogP contribution is -2.11. The second-order valence-corrected chi connectivity index (χ2v) is 3.71. The van der Waals surface area contributed by atoms with Crippen molar-refractivity contribution in [3.63, 3.8) is 0 Å². The normalized spacial score (nSPS) is 11.6. The summed E-state index contributed by atoms with van der Waals surface area (Å²) >= 11 is 0. The zero-order valence-electron chi connectivity index (χ0n) is 9.65. The van der Waals surface area contributed by atoms with E-state index < -0.39 is 23.6 Å². The molecule has 7 heteroatoms. The molecule has 1 N–H and O–H groups in total. The van der Waals surface area contributed by atoms with Gasteiger partial charge in [0.05, 0.1) is 18.2 Å². The number of carboxylic acid groups (broad SMARTS) is 1. The van der Waals surface area contributed by atoms with E-state index in [0.717, 1.165) is 13.2 Å². The van der Waals surface area contributed by atoms with Gasteiger partial charge in [0.25, 0.3) is 0 Å². The lowest BCUT2D eigenvalue weighted by molar-refractivity contribution is -0.142. The molecule has 0 amide bonds. The third-order valence-electron chi connectivity index (χ3n) is 2.54. The number of hydrogen-bond acceptors (Lipinski definition) is 3. The topological polar surface area (TPSA) is 59.4 Å². The Morgan fingerprint density at radius 3 is 2.58 bits per heavy atom. The highest BCUT2D eigenvalue weighted by Crippen LogP contribution is 2.36. The van der Waals surface area contributed by atoms with E-state index in [1.807, 2.05) is 0 Å². The minimum absolute atomic E-state index is 0.0481. The predicted octanol–water partition coefficient (Wildman–Crippen LogP) is 2.96. The number of ether oxygens (including phenoxy) is 1. The molecular weight excluding hydrogens is 263 g/mol. The highest BCUT2D eigenvalue weighted by Gasteiger charge is 2.37. The van der Waals surface area contributed by atoms with Gasteiger partial charge < -0.3 is 9.84 Å². The Morgan fingerprint density at radius 1 is 1.37 bits per heavy atom. The first-order valence-corrected chi connectivity index (χ1v) is 5.13. The molecule has 100 valence electrons. The SMILES string of the molecule is COc1cc2c(C(=O)O)cccc2nc1C(F)(F)F. The second-order valence-electron chi connectivity index (χ2n) is 3.71. The van der Waals surface area contributed by atoms with Gasteiger partial charge >= 0.3 is 12.1 Å². The van der Waals surface area contributed by atoms with Crippen LogP contribution >= 0.6 is 0 Å². The van der Waals surface area contributed by atoms with Crippen LogP contribution in [0.15, 0.2) is 24.3 Å². The number of benzene rings is 1. The third kappa shape index (κ3) is 2.31. The maximum absolute atomic E-state index is 12.8. The molecule has 0 spiro atoms. The van der Waals surface area contributed by atoms with Crippen molar-refractivity contribution in [1.82, 2.24) is 4.98 Å². The summed E-state index contributed by atoms with van der Waals surface area (Å²) in [4.78, 5) is 14.5. The average molecular weight is 271 g/mol. The molecule has 0 aliphatic carbocycles. The molecule has 2 rings (SSSR count). The zero-order valence-corrected chi connectivity index (χ0v) is 9.65. The lowest BCUT2D eigenvalue weighted by Gasteiger charge is -2.12. The van der Waals surface area contributed by atoms with Crippen molar-refractivity contribution >= 4 is 16.9 Å². The van der Waals surface area contributed by atoms with E-state index in [1.165, 1.54) is 18.2 Å². The van der Waals surface area contributed by atoms with Gasteiger partial charge in [-0.2, -0.15) is 13.2 Å². The summed E-state index contributed by atoms with van der Waals surface area (Å²) in [5.74, 6) is -1.75. The van der Waals surface area contributed by atoms with Crippen molar-refractivity contribution in [2.45, 2.75) is 6.18 Å². The van der Waals surface area contributed by atoms with E-state index >= 15 is 0 Å². The molecule has 2 aromatic rings. The number of halogens is 3. The summed E-state index contributed by atoms with van der Waals surface area (Å²) in [6.45, 7) is 0. The molecule has 0 fully saturated rings. The molecule has 1 heterocycles. The molecule has 0 aliphatic rings. The van der Waals surface area contributed by atoms with Crippen molar-refractivity contribution in [1.29, 1.82) is 0 Å². The van der Waals surface area contributed by atoms with Gasteiger partial charge in [-0.05, 0) is 18.2 Å². The lowest BCUT2D eigenvalue weighted by atomic mass is 10.1. The van der Waals surface area contributed by atoms with Gasteiger partial charge in [-0.3, -0.25) is 0 Å². The van der Waals surface area contributed by atoms with Crippen LogP contribution in [0.3, 0.4) is 0 Å². The molecule has 4 nitrogen and oxygen atoms in total. The van der Waals surface area contributed by atoms with Gasteiger partial charge in [-0.15, -0.1) is 0 Å². The largest absolute Gasteiger partial charge is 0.494 e. The molecule has 0 unspecified atom stereocenters. The Bertz CT molecular complexity index is 652. The van der Waals surface area contributed by atoms with Crippen LogP contribution in [0, 0.1) is 0 Å². The number of carboxylic acids is 1. The number of methoxy groups -OCH3 is 1. The Balaban J connectivity index is 2.81. The van der Waals surface area contributed by atoms with Gasteiger partial charge in [0, 0.05) is 5.39 Å². The molecule has 19 heavy (non-hydrogen) atoms. The molecule has 0 radical (unpaired) electrons. The molecule has 1 aromatic heterocycles. The van der Waals surface area contributed by atoms with Crippen molar-refractivity contribution in [3.8, 4) is 5.75 Å². The van der Waals surface area contributed by atoms with Gasteiger partial charge in [0.2, 0.25) is 0 Å². The number of aromatic carboxylic acids is 1. The van der Waals surface area contributed by atoms with E-state index in [9.17, 15) is 18.0 Å². The Labute approximate surface area is 105 Å². The van der Waals surface area contributed by atoms with Crippen LogP contribution in [0.25, 0.3) is 10.9 Å². The molecule has 0 bridgehead atoms. The standard InChI is InChI=1S/C12H8F3NO3/c1-19-9-5-7-6(11(17)18)3-2-4-8(7)16-10(9)12(13,14)15/h2-5H,1H3,(H,17,18). The highest BCUT2D eigenvalue weighted by atomic mass is 19.4. The first-order chi connectivity index (χ1) is 8.84. The van der Waals surface area contributed by atoms with Crippen LogP contribution < -0.4 is 4.74 Å². The number of hydrogen-bond donors (Lipinski definition) is 1. The van der Waals surface area contributed by atoms with Crippen molar-refractivity contribution in [2.24, 2.45) is 0 Å². The third-order valence-corrected chi connectivity index (χ3v) is 2.54. The quantitative estimate of drug-likeness (QED) is 0.912. The number of nitrogens with zero attached hydrogens (tertiary/aromatic N) is 1. The number of aromatic nitrogens is 1. The number of pyridine rings is 1. The maximum Gasteiger partial charge on any atom is 0.437 e. The van der Waals surface area contributed by atoms with Gasteiger partial charge in [-0.1, -0.05) is 6.07 Å². The van der Waals surface area contributed by atoms with Gasteiger partial charge in [0.1, 0.15) is 5.75 Å². The predicted molar refractivity (Wildman–Crippen MR) is 60.3 cm³/mol. The minimum Gasteiger partial charge on any atom is -0.494 e. The Kier molecular flexibility index (Phi) is 3.05. The molecular formula is C12H8F3NO3. The van der Waals surface area contributed by atoms with Gasteiger partial charge in [-0.25, -0.2) is 9.78 Å². The summed E-state index contributed by atoms with van der Waals surface area (Å²) in [5, 5.41) is 9.08. The molecule has 0 atom stereocenters. The summed E-state index contributed by atoms with van der Waals surface area (Å²) in [6, 6.07) is 4.98. The monoisotopic (exact) mass is 271 g/mol. The van der Waals surface area contributed by atoms with E-state index in [2.05, 4.69) is 9.72 Å². The Hall–Kier alpha value is -2.31. The number of alkyl halides is 3. The first kappa shape index (κ1) is 13.1. The van der Waals surface area contributed by atoms with Crippen LogP contribution in [0.4, 0.5) is 13.2 Å². The van der Waals surface area contributed by atoms with Gasteiger partial charge in [0.15, 0.2) is 5.69 Å². The summed E-state index contributed by atoms with van der Waals surface area (Å²) in [5.41, 5.74) is -1.35. The van der Waals surface area contributed by atoms with Crippen LogP contribution in [0.1, 0.15) is 16.1 Å². The smallest absolute Gasteiger partial charge is 0.437 e. The number of rotatable bonds is 2. The van der Waals surface area contributed by atoms with E-state index in [0.29, 0.717) is 0 Å². The molecule has 0 saturated carbocycles. The van der Waals surface area contributed by atoms with Crippen LogP contribution in [0.5, 0.6) is 5.75 Å². The minimum atomic E-state index is -4.67. The fraction of sp³-hybridized carbons (Fsp3) is 0.167. The zero-order chi connectivity index (χ0) is 14.2. The molecule has 1 aromatic carbocycles. The van der Waals surface area contributed by atoms with Crippen molar-refractivity contribution in [3.05, 3.63) is 35.5 Å². The maximum atomic E-state index is 12.8. The van der Waals surface area contributed by atoms with E-state index in [-0.39, 0.29) is 16.5 Å². The second kappa shape index (κ2) is 4.42. The first-order valence-electron chi connectivity index (χ1n) is 5.13. The molecule has 0 aliphatic heterocycles. The van der Waals surface area contributed by atoms with E-state index in [1.54, 1.807) is 0 Å².